The molecule has 1 unspecified atom stereocenters. The number of carbonyl (C=O) groups is 1. The molecular formula is C20H29N3O4. The Labute approximate surface area is 161 Å². The third-order valence-electron chi connectivity index (χ3n) is 4.14. The number of hydrogen-bond donors (Lipinski definition) is 1. The fourth-order valence-electron chi connectivity index (χ4n) is 2.78. The van der Waals surface area contributed by atoms with Gasteiger partial charge in [-0.25, -0.2) is 4.79 Å². The van der Waals surface area contributed by atoms with Crippen LogP contribution in [0.2, 0.25) is 0 Å². The highest BCUT2D eigenvalue weighted by Crippen LogP contribution is 2.14. The molecule has 0 aromatic heterocycles. The Balaban J connectivity index is 1.69. The van der Waals surface area contributed by atoms with Crippen molar-refractivity contribution < 1.29 is 19.4 Å². The molecule has 7 nitrogen and oxygen atoms in total. The van der Waals surface area contributed by atoms with Crippen LogP contribution in [0.1, 0.15) is 26.3 Å². The Bertz CT molecular complexity index is 641. The maximum Gasteiger partial charge on any atom is 0.410 e. The molecule has 0 spiro atoms. The lowest BCUT2D eigenvalue weighted by Crippen LogP contribution is -2.51. The zero-order chi connectivity index (χ0) is 19.9. The predicted octanol–water partition coefficient (Wildman–Crippen LogP) is 2.05. The summed E-state index contributed by atoms with van der Waals surface area (Å²) >= 11 is 0. The van der Waals surface area contributed by atoms with Crippen LogP contribution in [0.15, 0.2) is 24.3 Å². The van der Waals surface area contributed by atoms with Crippen molar-refractivity contribution in [2.45, 2.75) is 38.9 Å². The van der Waals surface area contributed by atoms with Crippen LogP contribution in [0, 0.1) is 11.3 Å². The van der Waals surface area contributed by atoms with Gasteiger partial charge in [0.15, 0.2) is 0 Å². The Morgan fingerprint density at radius 2 is 1.85 bits per heavy atom. The van der Waals surface area contributed by atoms with Crippen LogP contribution in [-0.2, 0) is 11.2 Å². The summed E-state index contributed by atoms with van der Waals surface area (Å²) in [5.74, 6) is 0.672. The maximum absolute atomic E-state index is 12.1. The molecule has 0 saturated carbocycles. The van der Waals surface area contributed by atoms with Gasteiger partial charge in [-0.15, -0.1) is 0 Å². The molecule has 1 aliphatic heterocycles. The van der Waals surface area contributed by atoms with E-state index in [2.05, 4.69) is 11.0 Å². The second-order valence-electron chi connectivity index (χ2n) is 7.71. The molecule has 1 saturated heterocycles. The highest BCUT2D eigenvalue weighted by Gasteiger charge is 2.26. The molecule has 27 heavy (non-hydrogen) atoms. The third-order valence-corrected chi connectivity index (χ3v) is 4.14. The summed E-state index contributed by atoms with van der Waals surface area (Å²) in [5.41, 5.74) is 0.447. The third kappa shape index (κ3) is 7.45. The molecule has 1 aromatic rings. The van der Waals surface area contributed by atoms with Gasteiger partial charge in [-0.05, 0) is 38.5 Å². The van der Waals surface area contributed by atoms with Gasteiger partial charge in [0.25, 0.3) is 0 Å². The number of piperazine rings is 1. The molecule has 1 N–H and O–H groups in total. The van der Waals surface area contributed by atoms with E-state index < -0.39 is 11.7 Å². The number of hydrogen-bond acceptors (Lipinski definition) is 6. The number of nitriles is 1. The first kappa shape index (κ1) is 21.0. The molecule has 7 heteroatoms. The average Bonchev–Trinajstić information content (AvgIpc) is 2.60. The minimum Gasteiger partial charge on any atom is -0.491 e. The monoisotopic (exact) mass is 375 g/mol. The minimum atomic E-state index is -0.614. The van der Waals surface area contributed by atoms with E-state index in [1.165, 1.54) is 0 Å². The fourth-order valence-corrected chi connectivity index (χ4v) is 2.78. The zero-order valence-electron chi connectivity index (χ0n) is 16.4. The number of ether oxygens (including phenoxy) is 2. The van der Waals surface area contributed by atoms with Crippen LogP contribution in [-0.4, -0.2) is 72.0 Å². The van der Waals surface area contributed by atoms with Gasteiger partial charge >= 0.3 is 6.09 Å². The lowest BCUT2D eigenvalue weighted by Gasteiger charge is -2.36. The van der Waals surface area contributed by atoms with E-state index in [1.54, 1.807) is 17.0 Å². The number of aliphatic hydroxyl groups is 1. The van der Waals surface area contributed by atoms with Crippen molar-refractivity contribution in [1.82, 2.24) is 9.80 Å². The SMILES string of the molecule is CC(C)(C)OC(=O)N1CCN(CC(O)COc2ccc(CC#N)cc2)CC1. The van der Waals surface area contributed by atoms with E-state index in [4.69, 9.17) is 14.7 Å². The molecule has 0 aliphatic carbocycles. The normalized spacial score (nSPS) is 16.5. The summed E-state index contributed by atoms with van der Waals surface area (Å²) in [7, 11) is 0. The van der Waals surface area contributed by atoms with Gasteiger partial charge in [-0.3, -0.25) is 4.90 Å². The Morgan fingerprint density at radius 3 is 2.41 bits per heavy atom. The van der Waals surface area contributed by atoms with Crippen LogP contribution < -0.4 is 4.74 Å². The van der Waals surface area contributed by atoms with Gasteiger partial charge in [0, 0.05) is 32.7 Å². The molecule has 1 aromatic carbocycles. The minimum absolute atomic E-state index is 0.198. The van der Waals surface area contributed by atoms with Crippen LogP contribution in [0.4, 0.5) is 4.79 Å². The average molecular weight is 375 g/mol. The van der Waals surface area contributed by atoms with E-state index in [-0.39, 0.29) is 12.7 Å². The van der Waals surface area contributed by atoms with E-state index in [9.17, 15) is 9.90 Å². The van der Waals surface area contributed by atoms with E-state index in [1.807, 2.05) is 32.9 Å². The number of β-amino-alcohol motifs (C(OH)–C–C–N with tert-alkyl or cyclic N) is 1. The Kier molecular flexibility index (Phi) is 7.45. The van der Waals surface area contributed by atoms with Crippen LogP contribution >= 0.6 is 0 Å². The number of aliphatic hydroxyl groups excluding tert-OH is 1. The van der Waals surface area contributed by atoms with Crippen LogP contribution in [0.25, 0.3) is 0 Å². The van der Waals surface area contributed by atoms with Crippen molar-refractivity contribution in [2.75, 3.05) is 39.3 Å². The van der Waals surface area contributed by atoms with Crippen molar-refractivity contribution in [2.24, 2.45) is 0 Å². The number of carbonyl (C=O) groups excluding carboxylic acids is 1. The highest BCUT2D eigenvalue weighted by molar-refractivity contribution is 5.68. The first-order chi connectivity index (χ1) is 12.8. The molecule has 1 heterocycles. The first-order valence-electron chi connectivity index (χ1n) is 9.24. The van der Waals surface area contributed by atoms with Crippen molar-refractivity contribution in [1.29, 1.82) is 5.26 Å². The lowest BCUT2D eigenvalue weighted by atomic mass is 10.2. The molecule has 1 aliphatic rings. The zero-order valence-corrected chi connectivity index (χ0v) is 16.4. The highest BCUT2D eigenvalue weighted by atomic mass is 16.6. The quantitative estimate of drug-likeness (QED) is 0.819. The summed E-state index contributed by atoms with van der Waals surface area (Å²) in [5, 5.41) is 18.9. The van der Waals surface area contributed by atoms with Gasteiger partial charge in [0.1, 0.15) is 24.1 Å². The van der Waals surface area contributed by atoms with E-state index >= 15 is 0 Å². The summed E-state index contributed by atoms with van der Waals surface area (Å²) in [6.07, 6.45) is -0.527. The molecule has 1 amide bonds. The largest absolute Gasteiger partial charge is 0.491 e. The molecule has 0 bridgehead atoms. The summed E-state index contributed by atoms with van der Waals surface area (Å²) < 4.78 is 11.0. The van der Waals surface area contributed by atoms with Gasteiger partial charge in [-0.2, -0.15) is 5.26 Å². The lowest BCUT2D eigenvalue weighted by molar-refractivity contribution is 0.00713. The smallest absolute Gasteiger partial charge is 0.410 e. The second-order valence-corrected chi connectivity index (χ2v) is 7.71. The van der Waals surface area contributed by atoms with Crippen molar-refractivity contribution in [3.05, 3.63) is 29.8 Å². The number of benzene rings is 1. The first-order valence-corrected chi connectivity index (χ1v) is 9.24. The van der Waals surface area contributed by atoms with Gasteiger partial charge < -0.3 is 19.5 Å². The molecule has 1 fully saturated rings. The Morgan fingerprint density at radius 1 is 1.22 bits per heavy atom. The Hall–Kier alpha value is -2.30. The number of rotatable bonds is 6. The van der Waals surface area contributed by atoms with Crippen LogP contribution in [0.3, 0.4) is 0 Å². The van der Waals surface area contributed by atoms with Crippen molar-refractivity contribution >= 4 is 6.09 Å². The summed E-state index contributed by atoms with van der Waals surface area (Å²) in [6, 6.07) is 9.41. The molecule has 148 valence electrons. The summed E-state index contributed by atoms with van der Waals surface area (Å²) in [6.45, 7) is 8.82. The fraction of sp³-hybridized carbons (Fsp3) is 0.600. The van der Waals surface area contributed by atoms with Gasteiger partial charge in [0.05, 0.1) is 12.5 Å². The standard InChI is InChI=1S/C20H29N3O4/c1-20(2,3)27-19(25)23-12-10-22(11-13-23)14-17(24)15-26-18-6-4-16(5-7-18)8-9-21/h4-7,17,24H,8,10-15H2,1-3H3. The van der Waals surface area contributed by atoms with Crippen molar-refractivity contribution in [3.8, 4) is 11.8 Å². The van der Waals surface area contributed by atoms with E-state index in [0.717, 1.165) is 5.56 Å². The molecule has 0 radical (unpaired) electrons. The second kappa shape index (κ2) is 9.58. The maximum atomic E-state index is 12.1. The van der Waals surface area contributed by atoms with Crippen molar-refractivity contribution in [3.63, 3.8) is 0 Å². The topological polar surface area (TPSA) is 86.0 Å². The number of nitrogens with zero attached hydrogens (tertiary/aromatic N) is 3. The molecular weight excluding hydrogens is 346 g/mol. The molecule has 2 rings (SSSR count). The summed E-state index contributed by atoms with van der Waals surface area (Å²) in [4.78, 5) is 15.9. The number of amides is 1. The molecule has 1 atom stereocenters. The predicted molar refractivity (Wildman–Crippen MR) is 102 cm³/mol. The van der Waals surface area contributed by atoms with Gasteiger partial charge in [-0.1, -0.05) is 12.1 Å². The van der Waals surface area contributed by atoms with E-state index in [0.29, 0.717) is 44.9 Å². The van der Waals surface area contributed by atoms with Crippen LogP contribution in [0.5, 0.6) is 5.75 Å². The van der Waals surface area contributed by atoms with Gasteiger partial charge in [0.2, 0.25) is 0 Å².